The Hall–Kier alpha value is -1.93. The van der Waals surface area contributed by atoms with E-state index in [1.807, 2.05) is 0 Å². The van der Waals surface area contributed by atoms with Crippen LogP contribution in [0.1, 0.15) is 6.42 Å². The Bertz CT molecular complexity index is 607. The summed E-state index contributed by atoms with van der Waals surface area (Å²) < 4.78 is 23.9. The van der Waals surface area contributed by atoms with Crippen molar-refractivity contribution in [3.63, 3.8) is 0 Å². The molecular formula is C11H15N5O2S. The van der Waals surface area contributed by atoms with E-state index in [4.69, 9.17) is 5.14 Å². The molecule has 0 aliphatic heterocycles. The number of benzene rings is 1. The van der Waals surface area contributed by atoms with Crippen molar-refractivity contribution in [1.82, 2.24) is 15.0 Å². The van der Waals surface area contributed by atoms with Gasteiger partial charge in [-0.1, -0.05) is 5.21 Å². The van der Waals surface area contributed by atoms with Gasteiger partial charge in [-0.05, 0) is 30.7 Å². The normalized spacial score (nSPS) is 11.4. The molecule has 0 aliphatic carbocycles. The van der Waals surface area contributed by atoms with Crippen LogP contribution >= 0.6 is 0 Å². The highest BCUT2D eigenvalue weighted by atomic mass is 32.2. The van der Waals surface area contributed by atoms with Crippen molar-refractivity contribution >= 4 is 15.7 Å². The maximum atomic E-state index is 11.1. The van der Waals surface area contributed by atoms with Gasteiger partial charge in [0.2, 0.25) is 10.0 Å². The van der Waals surface area contributed by atoms with Gasteiger partial charge in [0.25, 0.3) is 0 Å². The Morgan fingerprint density at radius 2 is 2.00 bits per heavy atom. The highest BCUT2D eigenvalue weighted by Crippen LogP contribution is 2.12. The molecule has 3 N–H and O–H groups in total. The first-order chi connectivity index (χ1) is 9.05. The van der Waals surface area contributed by atoms with Crippen LogP contribution in [0, 0.1) is 0 Å². The first kappa shape index (κ1) is 13.5. The highest BCUT2D eigenvalue weighted by molar-refractivity contribution is 7.89. The fourth-order valence-electron chi connectivity index (χ4n) is 1.59. The molecule has 102 valence electrons. The minimum absolute atomic E-state index is 0.112. The van der Waals surface area contributed by atoms with Gasteiger partial charge >= 0.3 is 0 Å². The first-order valence-corrected chi connectivity index (χ1v) is 7.31. The zero-order valence-electron chi connectivity index (χ0n) is 10.2. The number of nitrogens with two attached hydrogens (primary N) is 1. The number of hydrogen-bond donors (Lipinski definition) is 2. The van der Waals surface area contributed by atoms with Gasteiger partial charge < -0.3 is 5.32 Å². The molecule has 0 amide bonds. The van der Waals surface area contributed by atoms with Crippen molar-refractivity contribution in [1.29, 1.82) is 0 Å². The lowest BCUT2D eigenvalue weighted by molar-refractivity contribution is 0.570. The number of nitrogens with zero attached hydrogens (tertiary/aromatic N) is 3. The summed E-state index contributed by atoms with van der Waals surface area (Å²) in [6.07, 6.45) is 4.33. The van der Waals surface area contributed by atoms with Gasteiger partial charge in [0.1, 0.15) is 0 Å². The quantitative estimate of drug-likeness (QED) is 0.747. The number of aromatic nitrogens is 3. The summed E-state index contributed by atoms with van der Waals surface area (Å²) in [6.45, 7) is 1.54. The predicted octanol–water partition coefficient (Wildman–Crippen LogP) is 0.428. The topological polar surface area (TPSA) is 103 Å². The summed E-state index contributed by atoms with van der Waals surface area (Å²) in [5.41, 5.74) is 0.853. The molecule has 0 bridgehead atoms. The van der Waals surface area contributed by atoms with Crippen LogP contribution < -0.4 is 10.5 Å². The summed E-state index contributed by atoms with van der Waals surface area (Å²) in [7, 11) is -3.62. The summed E-state index contributed by atoms with van der Waals surface area (Å²) in [6, 6.07) is 6.34. The lowest BCUT2D eigenvalue weighted by Crippen LogP contribution is -2.12. The lowest BCUT2D eigenvalue weighted by Gasteiger charge is -2.06. The van der Waals surface area contributed by atoms with E-state index in [-0.39, 0.29) is 4.90 Å². The van der Waals surface area contributed by atoms with Crippen LogP contribution in [0.15, 0.2) is 41.6 Å². The van der Waals surface area contributed by atoms with Gasteiger partial charge in [0.15, 0.2) is 0 Å². The van der Waals surface area contributed by atoms with Gasteiger partial charge in [0.05, 0.1) is 11.1 Å². The molecule has 1 aromatic carbocycles. The maximum Gasteiger partial charge on any atom is 0.238 e. The Balaban J connectivity index is 1.80. The Kier molecular flexibility index (Phi) is 4.13. The van der Waals surface area contributed by atoms with Crippen molar-refractivity contribution in [3.05, 3.63) is 36.7 Å². The van der Waals surface area contributed by atoms with Crippen LogP contribution in [-0.2, 0) is 16.6 Å². The van der Waals surface area contributed by atoms with E-state index in [2.05, 4.69) is 15.6 Å². The molecule has 0 spiro atoms. The van der Waals surface area contributed by atoms with Crippen LogP contribution in [0.3, 0.4) is 0 Å². The van der Waals surface area contributed by atoms with E-state index >= 15 is 0 Å². The van der Waals surface area contributed by atoms with Crippen molar-refractivity contribution < 1.29 is 8.42 Å². The molecule has 0 fully saturated rings. The van der Waals surface area contributed by atoms with Crippen molar-refractivity contribution in [3.8, 4) is 0 Å². The number of anilines is 1. The predicted molar refractivity (Wildman–Crippen MR) is 70.9 cm³/mol. The second-order valence-electron chi connectivity index (χ2n) is 4.02. The summed E-state index contributed by atoms with van der Waals surface area (Å²) in [5, 5.41) is 15.8. The molecule has 0 atom stereocenters. The molecule has 0 saturated heterocycles. The Morgan fingerprint density at radius 1 is 1.26 bits per heavy atom. The molecule has 2 rings (SSSR count). The second kappa shape index (κ2) is 5.81. The number of sulfonamides is 1. The summed E-state index contributed by atoms with van der Waals surface area (Å²) >= 11 is 0. The largest absolute Gasteiger partial charge is 0.385 e. The molecule has 0 aliphatic rings. The fraction of sp³-hybridized carbons (Fsp3) is 0.273. The molecular weight excluding hydrogens is 266 g/mol. The third-order valence-electron chi connectivity index (χ3n) is 2.55. The van der Waals surface area contributed by atoms with Crippen molar-refractivity contribution in [2.45, 2.75) is 17.9 Å². The van der Waals surface area contributed by atoms with E-state index in [0.717, 1.165) is 25.2 Å². The number of aryl methyl sites for hydroxylation is 1. The molecule has 0 saturated carbocycles. The molecule has 8 heteroatoms. The van der Waals surface area contributed by atoms with Gasteiger partial charge in [0, 0.05) is 25.0 Å². The zero-order chi connectivity index (χ0) is 13.7. The number of hydrogen-bond acceptors (Lipinski definition) is 5. The SMILES string of the molecule is NS(=O)(=O)c1ccc(NCCCn2ccnn2)cc1. The van der Waals surface area contributed by atoms with Crippen LogP contribution in [0.5, 0.6) is 0 Å². The standard InChI is InChI=1S/C11H15N5O2S/c12-19(17,18)11-4-2-10(3-5-11)13-6-1-8-16-9-7-14-15-16/h2-5,7,9,13H,1,6,8H2,(H2,12,17,18). The smallest absolute Gasteiger partial charge is 0.238 e. The minimum Gasteiger partial charge on any atom is -0.385 e. The van der Waals surface area contributed by atoms with Gasteiger partial charge in [-0.15, -0.1) is 5.10 Å². The third kappa shape index (κ3) is 4.04. The minimum atomic E-state index is -3.62. The number of rotatable bonds is 6. The average molecular weight is 281 g/mol. The monoisotopic (exact) mass is 281 g/mol. The van der Waals surface area contributed by atoms with Crippen LogP contribution in [0.25, 0.3) is 0 Å². The van der Waals surface area contributed by atoms with Crippen molar-refractivity contribution in [2.75, 3.05) is 11.9 Å². The molecule has 7 nitrogen and oxygen atoms in total. The fourth-order valence-corrected chi connectivity index (χ4v) is 2.10. The number of primary sulfonamides is 1. The maximum absolute atomic E-state index is 11.1. The highest BCUT2D eigenvalue weighted by Gasteiger charge is 2.06. The Morgan fingerprint density at radius 3 is 2.58 bits per heavy atom. The van der Waals surface area contributed by atoms with E-state index in [1.165, 1.54) is 12.1 Å². The van der Waals surface area contributed by atoms with Crippen LogP contribution in [-0.4, -0.2) is 30.0 Å². The van der Waals surface area contributed by atoms with Gasteiger partial charge in [-0.3, -0.25) is 4.68 Å². The third-order valence-corrected chi connectivity index (χ3v) is 3.48. The van der Waals surface area contributed by atoms with Gasteiger partial charge in [-0.2, -0.15) is 0 Å². The first-order valence-electron chi connectivity index (χ1n) is 5.76. The second-order valence-corrected chi connectivity index (χ2v) is 5.58. The van der Waals surface area contributed by atoms with Gasteiger partial charge in [-0.25, -0.2) is 13.6 Å². The van der Waals surface area contributed by atoms with Crippen LogP contribution in [0.2, 0.25) is 0 Å². The van der Waals surface area contributed by atoms with E-state index in [9.17, 15) is 8.42 Å². The summed E-state index contributed by atoms with van der Waals surface area (Å²) in [4.78, 5) is 0.112. The molecule has 0 radical (unpaired) electrons. The molecule has 0 unspecified atom stereocenters. The molecule has 1 heterocycles. The molecule has 1 aromatic heterocycles. The van der Waals surface area contributed by atoms with E-state index in [0.29, 0.717) is 0 Å². The Labute approximate surface area is 111 Å². The van der Waals surface area contributed by atoms with E-state index in [1.54, 1.807) is 29.2 Å². The van der Waals surface area contributed by atoms with Crippen molar-refractivity contribution in [2.24, 2.45) is 5.14 Å². The zero-order valence-corrected chi connectivity index (χ0v) is 11.0. The van der Waals surface area contributed by atoms with Crippen LogP contribution in [0.4, 0.5) is 5.69 Å². The average Bonchev–Trinajstić information content (AvgIpc) is 2.87. The van der Waals surface area contributed by atoms with E-state index < -0.39 is 10.0 Å². The molecule has 2 aromatic rings. The summed E-state index contributed by atoms with van der Waals surface area (Å²) in [5.74, 6) is 0. The lowest BCUT2D eigenvalue weighted by atomic mass is 10.3. The number of nitrogens with one attached hydrogen (secondary N) is 1. The molecule has 19 heavy (non-hydrogen) atoms.